The van der Waals surface area contributed by atoms with Gasteiger partial charge in [0.1, 0.15) is 0 Å². The van der Waals surface area contributed by atoms with Crippen LogP contribution in [-0.2, 0) is 52.2 Å². The molecule has 0 heterocycles. The van der Waals surface area contributed by atoms with Crippen LogP contribution in [0.5, 0.6) is 0 Å². The normalized spacial score (nSPS) is 13.4. The largest absolute Gasteiger partial charge is 0.671 e. The Morgan fingerprint density at radius 1 is 0.647 bits per heavy atom. The van der Waals surface area contributed by atoms with Crippen molar-refractivity contribution in [2.24, 2.45) is 0 Å². The average molecular weight is 570 g/mol. The van der Waals surface area contributed by atoms with Gasteiger partial charge in [-0.15, -0.1) is 0 Å². The Kier molecular flexibility index (Phi) is 15.5. The summed E-state index contributed by atoms with van der Waals surface area (Å²) in [5.41, 5.74) is 0. The molecule has 0 aliphatic heterocycles. The second-order valence-corrected chi connectivity index (χ2v) is 17.3. The summed E-state index contributed by atoms with van der Waals surface area (Å²) >= 11 is 0. The molecule has 0 aromatic carbocycles. The van der Waals surface area contributed by atoms with Crippen LogP contribution >= 0.6 is 0 Å². The molecule has 0 aliphatic carbocycles. The van der Waals surface area contributed by atoms with Crippen molar-refractivity contribution >= 4 is 42.0 Å². The van der Waals surface area contributed by atoms with Crippen LogP contribution in [0.2, 0.25) is 6.04 Å². The first kappa shape index (κ1) is 33.7. The summed E-state index contributed by atoms with van der Waals surface area (Å²) in [6.45, 7) is 2.14. The molecule has 204 valence electrons. The summed E-state index contributed by atoms with van der Waals surface area (Å²) < 4.78 is 67.7. The van der Waals surface area contributed by atoms with Crippen LogP contribution in [0.3, 0.4) is 0 Å². The second kappa shape index (κ2) is 15.7. The standard InChI is InChI=1S/C15H39NO14Si4/c1-11-16(15(17)18)13-12-14-31(28-32(19-2,20-3)21-4,29-33(22-5,23-6)24-7)30-34(25-8,26-9)27-10/h11-14H2,1-10H3,(H,17,18). The topological polar surface area (TPSA) is 151 Å². The third-order valence-corrected chi connectivity index (χ3v) is 16.9. The average Bonchev–Trinajstić information content (AvgIpc) is 2.87. The molecule has 0 aliphatic rings. The first-order valence-electron chi connectivity index (χ1n) is 10.1. The van der Waals surface area contributed by atoms with Crippen molar-refractivity contribution in [3.05, 3.63) is 0 Å². The minimum atomic E-state index is -4.16. The monoisotopic (exact) mass is 569 g/mol. The molecule has 0 fully saturated rings. The molecule has 0 rings (SSSR count). The molecule has 0 unspecified atom stereocenters. The highest BCUT2D eigenvalue weighted by Gasteiger charge is 2.66. The third-order valence-electron chi connectivity index (χ3n) is 4.65. The van der Waals surface area contributed by atoms with E-state index in [1.165, 1.54) is 68.9 Å². The fraction of sp³-hybridized carbons (Fsp3) is 0.933. The van der Waals surface area contributed by atoms with Crippen LogP contribution in [-0.4, -0.2) is 129 Å². The van der Waals surface area contributed by atoms with E-state index in [1.807, 2.05) is 0 Å². The van der Waals surface area contributed by atoms with Gasteiger partial charge in [-0.3, -0.25) is 0 Å². The third kappa shape index (κ3) is 8.95. The van der Waals surface area contributed by atoms with Gasteiger partial charge in [0.25, 0.3) is 0 Å². The number of hydrogen-bond donors (Lipinski definition) is 1. The quantitative estimate of drug-likeness (QED) is 0.202. The summed E-state index contributed by atoms with van der Waals surface area (Å²) in [6.07, 6.45) is -0.840. The molecule has 0 spiro atoms. The maximum Gasteiger partial charge on any atom is 0.671 e. The number of hydrogen-bond acceptors (Lipinski definition) is 13. The Labute approximate surface area is 205 Å². The van der Waals surface area contributed by atoms with Crippen molar-refractivity contribution in [1.29, 1.82) is 0 Å². The van der Waals surface area contributed by atoms with Gasteiger partial charge in [0.05, 0.1) is 0 Å². The van der Waals surface area contributed by atoms with Crippen molar-refractivity contribution in [3.8, 4) is 0 Å². The van der Waals surface area contributed by atoms with E-state index in [2.05, 4.69) is 0 Å². The fourth-order valence-corrected chi connectivity index (χ4v) is 15.3. The summed E-state index contributed by atoms with van der Waals surface area (Å²) in [6, 6.07) is 0.0112. The molecule has 1 N–H and O–H groups in total. The Hall–Kier alpha value is -0.342. The zero-order valence-electron chi connectivity index (χ0n) is 21.5. The molecule has 15 nitrogen and oxygen atoms in total. The SMILES string of the molecule is CCN(CCC[Si](O[Si](OC)(OC)OC)(O[Si](OC)(OC)OC)O[Si](OC)(OC)OC)C(=O)O. The summed E-state index contributed by atoms with van der Waals surface area (Å²) in [5.74, 6) is 0. The number of rotatable bonds is 20. The molecule has 0 bridgehead atoms. The van der Waals surface area contributed by atoms with Gasteiger partial charge in [-0.1, -0.05) is 0 Å². The van der Waals surface area contributed by atoms with Crippen LogP contribution in [0.25, 0.3) is 0 Å². The highest BCUT2D eigenvalue weighted by molar-refractivity contribution is 6.82. The van der Waals surface area contributed by atoms with Crippen LogP contribution in [0.15, 0.2) is 0 Å². The summed E-state index contributed by atoms with van der Waals surface area (Å²) in [5, 5.41) is 9.39. The van der Waals surface area contributed by atoms with Gasteiger partial charge in [0, 0.05) is 83.1 Å². The van der Waals surface area contributed by atoms with E-state index in [0.29, 0.717) is 0 Å². The molecular weight excluding hydrogens is 531 g/mol. The van der Waals surface area contributed by atoms with E-state index in [1.54, 1.807) is 6.92 Å². The molecular formula is C15H39NO14Si4. The summed E-state index contributed by atoms with van der Waals surface area (Å²) in [4.78, 5) is 12.7. The molecule has 19 heteroatoms. The van der Waals surface area contributed by atoms with Gasteiger partial charge in [0.2, 0.25) is 0 Å². The molecule has 34 heavy (non-hydrogen) atoms. The van der Waals surface area contributed by atoms with Crippen LogP contribution < -0.4 is 0 Å². The van der Waals surface area contributed by atoms with Crippen LogP contribution in [0.4, 0.5) is 4.79 Å². The zero-order valence-corrected chi connectivity index (χ0v) is 25.5. The number of amides is 1. The predicted octanol–water partition coefficient (Wildman–Crippen LogP) is 0.490. The van der Waals surface area contributed by atoms with Crippen molar-refractivity contribution in [1.82, 2.24) is 4.90 Å². The molecule has 0 saturated heterocycles. The van der Waals surface area contributed by atoms with Crippen molar-refractivity contribution < 1.29 is 62.1 Å². The highest BCUT2D eigenvalue weighted by Crippen LogP contribution is 2.32. The maximum atomic E-state index is 11.5. The van der Waals surface area contributed by atoms with Crippen LogP contribution in [0, 0.1) is 0 Å². The smallest absolute Gasteiger partial charge is 0.465 e. The second-order valence-electron chi connectivity index (χ2n) is 6.29. The van der Waals surface area contributed by atoms with Gasteiger partial charge in [-0.2, -0.15) is 0 Å². The lowest BCUT2D eigenvalue weighted by Gasteiger charge is -2.41. The van der Waals surface area contributed by atoms with E-state index >= 15 is 0 Å². The van der Waals surface area contributed by atoms with E-state index < -0.39 is 42.0 Å². The lowest BCUT2D eigenvalue weighted by molar-refractivity contribution is -0.0261. The predicted molar refractivity (Wildman–Crippen MR) is 124 cm³/mol. The number of carboxylic acid groups (broad SMARTS) is 1. The van der Waals surface area contributed by atoms with Crippen LogP contribution in [0.1, 0.15) is 13.3 Å². The maximum absolute atomic E-state index is 11.5. The zero-order chi connectivity index (χ0) is 26.5. The van der Waals surface area contributed by atoms with Crippen molar-refractivity contribution in [2.75, 3.05) is 77.1 Å². The number of carbonyl (C=O) groups is 1. The van der Waals surface area contributed by atoms with E-state index in [9.17, 15) is 9.90 Å². The molecule has 0 atom stereocenters. The van der Waals surface area contributed by atoms with Gasteiger partial charge < -0.3 is 62.2 Å². The Balaban J connectivity index is 6.63. The highest BCUT2D eigenvalue weighted by atomic mass is 28.5. The molecule has 0 saturated carbocycles. The van der Waals surface area contributed by atoms with E-state index in [0.717, 1.165) is 0 Å². The molecule has 0 aromatic heterocycles. The van der Waals surface area contributed by atoms with E-state index in [4.69, 9.17) is 52.2 Å². The molecule has 0 radical (unpaired) electrons. The van der Waals surface area contributed by atoms with Crippen molar-refractivity contribution in [3.63, 3.8) is 0 Å². The lowest BCUT2D eigenvalue weighted by Crippen LogP contribution is -2.69. The molecule has 0 aromatic rings. The Bertz CT molecular complexity index is 499. The first-order chi connectivity index (χ1) is 16.0. The lowest BCUT2D eigenvalue weighted by atomic mass is 10.4. The Morgan fingerprint density at radius 3 is 1.15 bits per heavy atom. The Morgan fingerprint density at radius 2 is 0.941 bits per heavy atom. The van der Waals surface area contributed by atoms with Gasteiger partial charge in [0.15, 0.2) is 0 Å². The molecule has 1 amide bonds. The van der Waals surface area contributed by atoms with E-state index in [-0.39, 0.29) is 25.6 Å². The first-order valence-corrected chi connectivity index (χ1v) is 16.9. The number of nitrogens with zero attached hydrogens (tertiary/aromatic N) is 1. The van der Waals surface area contributed by atoms with Gasteiger partial charge in [-0.25, -0.2) is 4.79 Å². The minimum absolute atomic E-state index is 0.0112. The van der Waals surface area contributed by atoms with Gasteiger partial charge >= 0.3 is 42.0 Å². The van der Waals surface area contributed by atoms with Crippen molar-refractivity contribution in [2.45, 2.75) is 19.4 Å². The van der Waals surface area contributed by atoms with Gasteiger partial charge in [-0.05, 0) is 13.3 Å². The minimum Gasteiger partial charge on any atom is -0.465 e. The summed E-state index contributed by atoms with van der Waals surface area (Å²) in [7, 11) is -3.67. The fourth-order valence-electron chi connectivity index (χ4n) is 2.79.